The van der Waals surface area contributed by atoms with Crippen molar-refractivity contribution in [3.8, 4) is 0 Å². The molecule has 12 heavy (non-hydrogen) atoms. The maximum Gasteiger partial charge on any atom is 0.0891 e. The molecular weight excluding hydrogens is 194 g/mol. The molecule has 0 aliphatic rings. The number of nitrogens with two attached hydrogens (primary N) is 1. The van der Waals surface area contributed by atoms with E-state index in [1.165, 1.54) is 0 Å². The van der Waals surface area contributed by atoms with Crippen LogP contribution in [-0.2, 0) is 17.4 Å². The van der Waals surface area contributed by atoms with Crippen molar-refractivity contribution in [1.82, 2.24) is 0 Å². The molecule has 1 aromatic carbocycles. The minimum absolute atomic E-state index is 0.502. The van der Waals surface area contributed by atoms with Crippen molar-refractivity contribution in [1.29, 1.82) is 0 Å². The summed E-state index contributed by atoms with van der Waals surface area (Å²) in [6, 6.07) is 7.46. The minimum atomic E-state index is -1.20. The third-order valence-electron chi connectivity index (χ3n) is 1.51. The summed E-state index contributed by atoms with van der Waals surface area (Å²) in [4.78, 5) is 0. The van der Waals surface area contributed by atoms with Gasteiger partial charge in [-0.3, -0.25) is 5.14 Å². The molecule has 1 aromatic rings. The van der Waals surface area contributed by atoms with Crippen LogP contribution in [0.3, 0.4) is 0 Å². The molecule has 0 radical (unpaired) electrons. The number of halogens is 1. The molecule has 0 heterocycles. The number of hydrogen-bond acceptors (Lipinski definition) is 1. The molecule has 0 saturated carbocycles. The monoisotopic (exact) mass is 203 g/mol. The summed E-state index contributed by atoms with van der Waals surface area (Å²) in [7, 11) is -1.20. The Morgan fingerprint density at radius 3 is 2.42 bits per heavy atom. The predicted octanol–water partition coefficient (Wildman–Crippen LogP) is 1.50. The second kappa shape index (κ2) is 4.60. The summed E-state index contributed by atoms with van der Waals surface area (Å²) >= 11 is 5.69. The van der Waals surface area contributed by atoms with Gasteiger partial charge in [-0.25, -0.2) is 4.21 Å². The highest BCUT2D eigenvalue weighted by Crippen LogP contribution is 2.09. The zero-order valence-electron chi connectivity index (χ0n) is 6.50. The van der Waals surface area contributed by atoms with Gasteiger partial charge in [0, 0.05) is 10.8 Å². The van der Waals surface area contributed by atoms with E-state index in [0.29, 0.717) is 10.8 Å². The van der Waals surface area contributed by atoms with Crippen LogP contribution in [0.2, 0.25) is 5.02 Å². The van der Waals surface area contributed by atoms with Gasteiger partial charge in [0.15, 0.2) is 0 Å². The standard InChI is InChI=1S/C8H10ClNOS/c9-8-3-1-7(2-4-8)5-6-12(10)11/h1-4H,5-6,10H2/t12-/m1/s1. The number of rotatable bonds is 3. The molecule has 0 bridgehead atoms. The smallest absolute Gasteiger partial charge is 0.0891 e. The summed E-state index contributed by atoms with van der Waals surface area (Å²) in [5, 5.41) is 5.83. The molecule has 66 valence electrons. The summed E-state index contributed by atoms with van der Waals surface area (Å²) in [5.74, 6) is 0.502. The summed E-state index contributed by atoms with van der Waals surface area (Å²) in [5.41, 5.74) is 1.11. The number of aryl methyl sites for hydroxylation is 1. The fourth-order valence-electron chi connectivity index (χ4n) is 0.870. The van der Waals surface area contributed by atoms with Crippen LogP contribution >= 0.6 is 11.6 Å². The van der Waals surface area contributed by atoms with Gasteiger partial charge in [-0.05, 0) is 24.1 Å². The topological polar surface area (TPSA) is 43.1 Å². The van der Waals surface area contributed by atoms with Crippen LogP contribution < -0.4 is 5.14 Å². The lowest BCUT2D eigenvalue weighted by Gasteiger charge is -1.98. The molecule has 4 heteroatoms. The highest BCUT2D eigenvalue weighted by Gasteiger charge is 1.95. The summed E-state index contributed by atoms with van der Waals surface area (Å²) < 4.78 is 10.5. The Bertz CT molecular complexity index is 273. The molecular formula is C8H10ClNOS. The minimum Gasteiger partial charge on any atom is -0.252 e. The molecule has 1 rings (SSSR count). The Hall–Kier alpha value is -0.380. The van der Waals surface area contributed by atoms with E-state index in [1.807, 2.05) is 24.3 Å². The van der Waals surface area contributed by atoms with Crippen molar-refractivity contribution in [3.05, 3.63) is 34.9 Å². The molecule has 1 atom stereocenters. The van der Waals surface area contributed by atoms with Crippen molar-refractivity contribution >= 4 is 22.6 Å². The van der Waals surface area contributed by atoms with E-state index in [-0.39, 0.29) is 0 Å². The highest BCUT2D eigenvalue weighted by atomic mass is 35.5. The van der Waals surface area contributed by atoms with Gasteiger partial charge in [0.1, 0.15) is 0 Å². The zero-order chi connectivity index (χ0) is 8.97. The van der Waals surface area contributed by atoms with Gasteiger partial charge in [-0.15, -0.1) is 0 Å². The second-order valence-electron chi connectivity index (χ2n) is 2.46. The normalized spacial score (nSPS) is 12.8. The molecule has 2 nitrogen and oxygen atoms in total. The van der Waals surface area contributed by atoms with E-state index < -0.39 is 11.0 Å². The second-order valence-corrected chi connectivity index (χ2v) is 4.07. The molecule has 2 N–H and O–H groups in total. The van der Waals surface area contributed by atoms with Crippen LogP contribution in [0, 0.1) is 0 Å². The van der Waals surface area contributed by atoms with Gasteiger partial charge in [0.25, 0.3) is 0 Å². The van der Waals surface area contributed by atoms with Gasteiger partial charge in [0.2, 0.25) is 0 Å². The summed E-state index contributed by atoms with van der Waals surface area (Å²) in [6.07, 6.45) is 0.736. The highest BCUT2D eigenvalue weighted by molar-refractivity contribution is 7.82. The van der Waals surface area contributed by atoms with Gasteiger partial charge >= 0.3 is 0 Å². The maximum absolute atomic E-state index is 10.5. The van der Waals surface area contributed by atoms with Crippen LogP contribution in [0.4, 0.5) is 0 Å². The van der Waals surface area contributed by atoms with Crippen molar-refractivity contribution in [2.45, 2.75) is 6.42 Å². The van der Waals surface area contributed by atoms with E-state index in [9.17, 15) is 4.21 Å². The first kappa shape index (κ1) is 9.71. The Labute approximate surface area is 79.3 Å². The fraction of sp³-hybridized carbons (Fsp3) is 0.250. The Morgan fingerprint density at radius 2 is 1.92 bits per heavy atom. The van der Waals surface area contributed by atoms with Gasteiger partial charge in [0.05, 0.1) is 11.0 Å². The van der Waals surface area contributed by atoms with E-state index in [2.05, 4.69) is 0 Å². The van der Waals surface area contributed by atoms with Crippen LogP contribution in [0.25, 0.3) is 0 Å². The molecule has 0 aliphatic heterocycles. The van der Waals surface area contributed by atoms with Crippen molar-refractivity contribution in [2.24, 2.45) is 5.14 Å². The van der Waals surface area contributed by atoms with E-state index in [1.54, 1.807) is 0 Å². The molecule has 0 aromatic heterocycles. The van der Waals surface area contributed by atoms with E-state index in [0.717, 1.165) is 12.0 Å². The molecule has 0 unspecified atom stereocenters. The van der Waals surface area contributed by atoms with Crippen molar-refractivity contribution in [2.75, 3.05) is 5.75 Å². The first-order chi connectivity index (χ1) is 5.68. The SMILES string of the molecule is N[S@](=O)CCc1ccc(Cl)cc1. The Kier molecular flexibility index (Phi) is 3.72. The molecule has 0 amide bonds. The molecule has 0 saturated heterocycles. The van der Waals surface area contributed by atoms with Crippen molar-refractivity contribution < 1.29 is 4.21 Å². The quantitative estimate of drug-likeness (QED) is 0.795. The van der Waals surface area contributed by atoms with Gasteiger partial charge in [-0.1, -0.05) is 23.7 Å². The zero-order valence-corrected chi connectivity index (χ0v) is 8.07. The number of hydrogen-bond donors (Lipinski definition) is 1. The van der Waals surface area contributed by atoms with Gasteiger partial charge in [-0.2, -0.15) is 0 Å². The molecule has 0 aliphatic carbocycles. The van der Waals surface area contributed by atoms with E-state index in [4.69, 9.17) is 16.7 Å². The lowest BCUT2D eigenvalue weighted by Crippen LogP contribution is -2.09. The summed E-state index contributed by atoms with van der Waals surface area (Å²) in [6.45, 7) is 0. The third kappa shape index (κ3) is 3.34. The average molecular weight is 204 g/mol. The van der Waals surface area contributed by atoms with Crippen LogP contribution in [0.5, 0.6) is 0 Å². The van der Waals surface area contributed by atoms with Gasteiger partial charge < -0.3 is 0 Å². The third-order valence-corrected chi connectivity index (χ3v) is 2.36. The largest absolute Gasteiger partial charge is 0.252 e. The predicted molar refractivity (Wildman–Crippen MR) is 52.4 cm³/mol. The average Bonchev–Trinajstić information content (AvgIpc) is 2.03. The Morgan fingerprint density at radius 1 is 1.33 bits per heavy atom. The van der Waals surface area contributed by atoms with Crippen LogP contribution in [0.15, 0.2) is 24.3 Å². The number of benzene rings is 1. The first-order valence-electron chi connectivity index (χ1n) is 3.55. The van der Waals surface area contributed by atoms with Crippen LogP contribution in [-0.4, -0.2) is 9.96 Å². The first-order valence-corrected chi connectivity index (χ1v) is 5.31. The van der Waals surface area contributed by atoms with Crippen LogP contribution in [0.1, 0.15) is 5.56 Å². The lowest BCUT2D eigenvalue weighted by atomic mass is 10.2. The molecule has 0 spiro atoms. The van der Waals surface area contributed by atoms with E-state index >= 15 is 0 Å². The fourth-order valence-corrected chi connectivity index (χ4v) is 1.43. The maximum atomic E-state index is 10.5. The molecule has 0 fully saturated rings. The Balaban J connectivity index is 2.53. The lowest BCUT2D eigenvalue weighted by molar-refractivity contribution is 0.683. The van der Waals surface area contributed by atoms with Crippen molar-refractivity contribution in [3.63, 3.8) is 0 Å².